The quantitative estimate of drug-likeness (QED) is 0.752. The molecule has 0 atom stereocenters. The van der Waals surface area contributed by atoms with Crippen LogP contribution in [0.15, 0.2) is 6.20 Å². The molecule has 20 heavy (non-hydrogen) atoms. The molecule has 0 bridgehead atoms. The molecule has 1 N–H and O–H groups in total. The Hall–Kier alpha value is -1.69. The number of aromatic nitrogens is 4. The highest BCUT2D eigenvalue weighted by Crippen LogP contribution is 2.39. The Balaban J connectivity index is 2.01. The Kier molecular flexibility index (Phi) is 2.51. The number of carbonyl (C=O) groups is 1. The van der Waals surface area contributed by atoms with E-state index in [0.717, 1.165) is 25.7 Å². The number of imidazole rings is 1. The molecule has 1 saturated carbocycles. The van der Waals surface area contributed by atoms with E-state index in [1.165, 1.54) is 6.42 Å². The molecule has 1 aliphatic carbocycles. The second kappa shape index (κ2) is 4.15. The lowest BCUT2D eigenvalue weighted by atomic mass is 9.80. The third-order valence-corrected chi connectivity index (χ3v) is 4.59. The summed E-state index contributed by atoms with van der Waals surface area (Å²) < 4.78 is 2.01. The lowest BCUT2D eigenvalue weighted by molar-refractivity contribution is 0.0824. The van der Waals surface area contributed by atoms with Gasteiger partial charge in [-0.2, -0.15) is 4.98 Å². The number of hydrogen-bond acceptors (Lipinski definition) is 4. The van der Waals surface area contributed by atoms with Crippen LogP contribution in [0.25, 0.3) is 11.2 Å². The molecule has 2 aliphatic rings. The van der Waals surface area contributed by atoms with Gasteiger partial charge in [-0.25, -0.2) is 9.97 Å². The summed E-state index contributed by atoms with van der Waals surface area (Å²) in [5, 5.41) is 3.16. The van der Waals surface area contributed by atoms with E-state index in [4.69, 9.17) is 11.6 Å². The average molecular weight is 292 g/mol. The summed E-state index contributed by atoms with van der Waals surface area (Å²) in [5.41, 5.74) is 1.21. The van der Waals surface area contributed by atoms with Crippen molar-refractivity contribution in [2.24, 2.45) is 0 Å². The molecule has 1 spiro atoms. The van der Waals surface area contributed by atoms with Crippen molar-refractivity contribution < 1.29 is 4.79 Å². The molecule has 4 rings (SSSR count). The highest BCUT2D eigenvalue weighted by Gasteiger charge is 2.42. The van der Waals surface area contributed by atoms with Crippen LogP contribution >= 0.6 is 11.6 Å². The van der Waals surface area contributed by atoms with Crippen LogP contribution in [-0.2, 0) is 5.54 Å². The van der Waals surface area contributed by atoms with Crippen LogP contribution in [0.3, 0.4) is 0 Å². The van der Waals surface area contributed by atoms with Crippen LogP contribution < -0.4 is 5.32 Å². The molecule has 1 fully saturated rings. The predicted molar refractivity (Wildman–Crippen MR) is 73.7 cm³/mol. The van der Waals surface area contributed by atoms with Crippen LogP contribution in [0.2, 0.25) is 5.28 Å². The number of carbonyl (C=O) groups excluding carboxylic acids is 1. The molecule has 6 nitrogen and oxygen atoms in total. The second-order valence-corrected chi connectivity index (χ2v) is 5.92. The van der Waals surface area contributed by atoms with Crippen LogP contribution in [0, 0.1) is 0 Å². The smallest absolute Gasteiger partial charge is 0.287 e. The molecular formula is C13H14ClN5O. The van der Waals surface area contributed by atoms with Gasteiger partial charge < -0.3 is 5.32 Å². The number of halogens is 1. The first-order valence-corrected chi connectivity index (χ1v) is 7.27. The molecule has 3 heterocycles. The van der Waals surface area contributed by atoms with Crippen molar-refractivity contribution in [3.63, 3.8) is 0 Å². The van der Waals surface area contributed by atoms with Crippen molar-refractivity contribution in [1.82, 2.24) is 24.8 Å². The topological polar surface area (TPSA) is 72.7 Å². The summed E-state index contributed by atoms with van der Waals surface area (Å²) in [4.78, 5) is 24.7. The fourth-order valence-corrected chi connectivity index (χ4v) is 3.60. The Morgan fingerprint density at radius 1 is 1.25 bits per heavy atom. The second-order valence-electron chi connectivity index (χ2n) is 5.59. The molecule has 2 aromatic heterocycles. The molecular weight excluding hydrogens is 278 g/mol. The first kappa shape index (κ1) is 12.1. The highest BCUT2D eigenvalue weighted by atomic mass is 35.5. The van der Waals surface area contributed by atoms with Gasteiger partial charge in [-0.05, 0) is 24.4 Å². The average Bonchev–Trinajstić information content (AvgIpc) is 2.85. The monoisotopic (exact) mass is 291 g/mol. The van der Waals surface area contributed by atoms with Gasteiger partial charge in [0.1, 0.15) is 5.52 Å². The SMILES string of the molecule is O=C1NCC2(CCCCC2)n2c1nc1cnc(Cl)nc12. The largest absolute Gasteiger partial charge is 0.347 e. The fourth-order valence-electron chi connectivity index (χ4n) is 3.47. The van der Waals surface area contributed by atoms with Crippen molar-refractivity contribution >= 4 is 28.7 Å². The number of hydrogen-bond donors (Lipinski definition) is 1. The first-order valence-electron chi connectivity index (χ1n) is 6.89. The minimum absolute atomic E-state index is 0.103. The van der Waals surface area contributed by atoms with E-state index in [9.17, 15) is 4.79 Å². The number of nitrogens with one attached hydrogen (secondary N) is 1. The van der Waals surface area contributed by atoms with Crippen molar-refractivity contribution in [2.45, 2.75) is 37.6 Å². The van der Waals surface area contributed by atoms with E-state index < -0.39 is 0 Å². The minimum atomic E-state index is -0.143. The molecule has 7 heteroatoms. The molecule has 2 aromatic rings. The van der Waals surface area contributed by atoms with Gasteiger partial charge in [-0.1, -0.05) is 19.3 Å². The van der Waals surface area contributed by atoms with Gasteiger partial charge in [0.25, 0.3) is 5.91 Å². The van der Waals surface area contributed by atoms with Crippen LogP contribution in [0.4, 0.5) is 0 Å². The number of nitrogens with zero attached hydrogens (tertiary/aromatic N) is 4. The zero-order chi connectivity index (χ0) is 13.7. The van der Waals surface area contributed by atoms with E-state index in [1.807, 2.05) is 4.57 Å². The van der Waals surface area contributed by atoms with Crippen LogP contribution in [0.5, 0.6) is 0 Å². The van der Waals surface area contributed by atoms with Crippen molar-refractivity contribution in [1.29, 1.82) is 0 Å². The van der Waals surface area contributed by atoms with Crippen LogP contribution in [-0.4, -0.2) is 32.0 Å². The zero-order valence-corrected chi connectivity index (χ0v) is 11.7. The van der Waals surface area contributed by atoms with Gasteiger partial charge in [-0.15, -0.1) is 0 Å². The van der Waals surface area contributed by atoms with E-state index in [1.54, 1.807) is 6.20 Å². The summed E-state index contributed by atoms with van der Waals surface area (Å²) in [6, 6.07) is 0. The summed E-state index contributed by atoms with van der Waals surface area (Å²) in [6.45, 7) is 0.645. The molecule has 104 valence electrons. The number of fused-ring (bicyclic) bond motifs is 4. The zero-order valence-electron chi connectivity index (χ0n) is 10.9. The van der Waals surface area contributed by atoms with Gasteiger partial charge >= 0.3 is 0 Å². The third-order valence-electron chi connectivity index (χ3n) is 4.41. The van der Waals surface area contributed by atoms with Gasteiger partial charge in [-0.3, -0.25) is 9.36 Å². The van der Waals surface area contributed by atoms with Gasteiger partial charge in [0.15, 0.2) is 5.65 Å². The van der Waals surface area contributed by atoms with Crippen molar-refractivity contribution in [3.8, 4) is 0 Å². The Bertz CT molecular complexity index is 704. The van der Waals surface area contributed by atoms with Gasteiger partial charge in [0.2, 0.25) is 11.1 Å². The van der Waals surface area contributed by atoms with Gasteiger partial charge in [0, 0.05) is 6.54 Å². The van der Waals surface area contributed by atoms with E-state index in [2.05, 4.69) is 20.3 Å². The number of rotatable bonds is 0. The fraction of sp³-hybridized carbons (Fsp3) is 0.538. The summed E-state index contributed by atoms with van der Waals surface area (Å²) >= 11 is 5.92. The standard InChI is InChI=1S/C13H14ClN5O/c14-12-15-6-8-9(18-12)19-10(17-8)11(20)16-7-13(19)4-2-1-3-5-13/h6H,1-5,7H2,(H,16,20). The van der Waals surface area contributed by atoms with E-state index >= 15 is 0 Å². The molecule has 0 radical (unpaired) electrons. The highest BCUT2D eigenvalue weighted by molar-refractivity contribution is 6.28. The normalized spacial score (nSPS) is 20.9. The Morgan fingerprint density at radius 3 is 2.85 bits per heavy atom. The molecule has 0 unspecified atom stereocenters. The lowest BCUT2D eigenvalue weighted by Gasteiger charge is -2.42. The molecule has 1 amide bonds. The Morgan fingerprint density at radius 2 is 2.05 bits per heavy atom. The first-order chi connectivity index (χ1) is 9.70. The summed E-state index contributed by atoms with van der Waals surface area (Å²) in [7, 11) is 0. The maximum atomic E-state index is 12.1. The van der Waals surface area contributed by atoms with E-state index in [-0.39, 0.29) is 16.7 Å². The lowest BCUT2D eigenvalue weighted by Crippen LogP contribution is -2.52. The molecule has 0 aromatic carbocycles. The van der Waals surface area contributed by atoms with Gasteiger partial charge in [0.05, 0.1) is 11.7 Å². The Labute approximate surface area is 120 Å². The molecule has 1 aliphatic heterocycles. The maximum Gasteiger partial charge on any atom is 0.287 e. The minimum Gasteiger partial charge on any atom is -0.347 e. The van der Waals surface area contributed by atoms with Crippen molar-refractivity contribution in [3.05, 3.63) is 17.3 Å². The third kappa shape index (κ3) is 1.57. The summed E-state index contributed by atoms with van der Waals surface area (Å²) in [6.07, 6.45) is 7.22. The van der Waals surface area contributed by atoms with E-state index in [0.29, 0.717) is 23.5 Å². The maximum absolute atomic E-state index is 12.1. The van der Waals surface area contributed by atoms with Crippen LogP contribution in [0.1, 0.15) is 42.7 Å². The number of amides is 1. The predicted octanol–water partition coefficient (Wildman–Crippen LogP) is 1.88. The summed E-state index contributed by atoms with van der Waals surface area (Å²) in [5.74, 6) is 0.292. The molecule has 0 saturated heterocycles. The van der Waals surface area contributed by atoms with Crippen molar-refractivity contribution in [2.75, 3.05) is 6.54 Å².